The van der Waals surface area contributed by atoms with Crippen molar-refractivity contribution in [2.24, 2.45) is 5.92 Å². The van der Waals surface area contributed by atoms with Gasteiger partial charge in [-0.2, -0.15) is 5.26 Å². The second kappa shape index (κ2) is 10.5. The van der Waals surface area contributed by atoms with E-state index in [2.05, 4.69) is 72.3 Å². The van der Waals surface area contributed by atoms with E-state index in [-0.39, 0.29) is 0 Å². The largest absolute Gasteiger partial charge is 0.342 e. The molecule has 3 aromatic rings. The number of benzene rings is 2. The van der Waals surface area contributed by atoms with Crippen LogP contribution in [0, 0.1) is 24.2 Å². The first-order valence-electron chi connectivity index (χ1n) is 11.7. The first kappa shape index (κ1) is 21.4. The summed E-state index contributed by atoms with van der Waals surface area (Å²) in [6, 6.07) is 23.7. The molecule has 0 spiro atoms. The summed E-state index contributed by atoms with van der Waals surface area (Å²) in [6.45, 7) is 6.17. The Morgan fingerprint density at radius 1 is 0.968 bits per heavy atom. The van der Waals surface area contributed by atoms with Crippen molar-refractivity contribution in [2.75, 3.05) is 6.54 Å². The Hall–Kier alpha value is -2.83. The van der Waals surface area contributed by atoms with Gasteiger partial charge in [0.15, 0.2) is 0 Å². The van der Waals surface area contributed by atoms with Gasteiger partial charge >= 0.3 is 0 Å². The summed E-state index contributed by atoms with van der Waals surface area (Å²) in [7, 11) is 0. The molecule has 160 valence electrons. The highest BCUT2D eigenvalue weighted by atomic mass is 15.1. The predicted octanol–water partition coefficient (Wildman–Crippen LogP) is 4.88. The normalized spacial score (nSPS) is 15.5. The highest BCUT2D eigenvalue weighted by Gasteiger charge is 2.22. The second-order valence-corrected chi connectivity index (χ2v) is 9.20. The van der Waals surface area contributed by atoms with Crippen LogP contribution in [0.1, 0.15) is 60.1 Å². The van der Waals surface area contributed by atoms with Crippen LogP contribution < -0.4 is 4.90 Å². The van der Waals surface area contributed by atoms with Crippen molar-refractivity contribution in [1.29, 1.82) is 5.26 Å². The third-order valence-electron chi connectivity index (χ3n) is 6.67. The molecule has 1 N–H and O–H groups in total. The SMILES string of the molecule is Cc1cccc(Cn2cccc2C[NH+](Cc2ccccc2C#N)CC2CCCCC2)c1. The molecule has 1 aliphatic rings. The van der Waals surface area contributed by atoms with E-state index in [1.165, 1.54) is 61.0 Å². The topological polar surface area (TPSA) is 33.2 Å². The van der Waals surface area contributed by atoms with Crippen LogP contribution in [0.25, 0.3) is 0 Å². The monoisotopic (exact) mass is 412 g/mol. The molecule has 1 fully saturated rings. The molecule has 1 saturated carbocycles. The number of hydrogen-bond donors (Lipinski definition) is 1. The number of hydrogen-bond acceptors (Lipinski definition) is 1. The molecular formula is C28H34N3+. The molecule has 1 aromatic heterocycles. The number of aromatic nitrogens is 1. The fourth-order valence-corrected chi connectivity index (χ4v) is 5.09. The van der Waals surface area contributed by atoms with Gasteiger partial charge in [-0.3, -0.25) is 0 Å². The summed E-state index contributed by atoms with van der Waals surface area (Å²) < 4.78 is 2.39. The van der Waals surface area contributed by atoms with Crippen molar-refractivity contribution >= 4 is 0 Å². The van der Waals surface area contributed by atoms with Crippen molar-refractivity contribution in [2.45, 2.75) is 58.7 Å². The Balaban J connectivity index is 1.53. The maximum absolute atomic E-state index is 9.58. The van der Waals surface area contributed by atoms with E-state index in [1.807, 2.05) is 12.1 Å². The van der Waals surface area contributed by atoms with Crippen molar-refractivity contribution < 1.29 is 4.90 Å². The summed E-state index contributed by atoms with van der Waals surface area (Å²) >= 11 is 0. The van der Waals surface area contributed by atoms with Crippen molar-refractivity contribution in [3.63, 3.8) is 0 Å². The van der Waals surface area contributed by atoms with Gasteiger partial charge in [0.1, 0.15) is 13.1 Å². The lowest BCUT2D eigenvalue weighted by Gasteiger charge is -2.28. The Kier molecular flexibility index (Phi) is 7.22. The van der Waals surface area contributed by atoms with Gasteiger partial charge in [-0.15, -0.1) is 0 Å². The zero-order valence-electron chi connectivity index (χ0n) is 18.7. The Labute approximate surface area is 186 Å². The van der Waals surface area contributed by atoms with Gasteiger partial charge in [0.25, 0.3) is 0 Å². The molecule has 1 atom stereocenters. The van der Waals surface area contributed by atoms with Gasteiger partial charge in [0, 0.05) is 24.2 Å². The Bertz CT molecular complexity index is 1020. The van der Waals surface area contributed by atoms with Gasteiger partial charge in [0.05, 0.1) is 23.9 Å². The molecule has 3 heteroatoms. The minimum atomic E-state index is 0.804. The third kappa shape index (κ3) is 5.87. The molecule has 0 saturated heterocycles. The van der Waals surface area contributed by atoms with Crippen LogP contribution in [-0.4, -0.2) is 11.1 Å². The molecular weight excluding hydrogens is 378 g/mol. The molecule has 4 rings (SSSR count). The van der Waals surface area contributed by atoms with Crippen molar-refractivity contribution in [1.82, 2.24) is 4.57 Å². The average Bonchev–Trinajstić information content (AvgIpc) is 3.21. The first-order valence-corrected chi connectivity index (χ1v) is 11.7. The standard InChI is InChI=1S/C28H33N3/c1-23-9-7-12-25(17-23)20-31-16-8-15-28(31)22-30(19-24-10-3-2-4-11-24)21-27-14-6-5-13-26(27)18-29/h5-9,12-17,24H,2-4,10-11,19-22H2,1H3/p+1. The van der Waals surface area contributed by atoms with E-state index in [9.17, 15) is 5.26 Å². The third-order valence-corrected chi connectivity index (χ3v) is 6.67. The fourth-order valence-electron chi connectivity index (χ4n) is 5.09. The van der Waals surface area contributed by atoms with Crippen LogP contribution in [0.15, 0.2) is 66.9 Å². The number of quaternary nitrogens is 1. The molecule has 31 heavy (non-hydrogen) atoms. The van der Waals surface area contributed by atoms with E-state index in [0.29, 0.717) is 0 Å². The number of nitriles is 1. The quantitative estimate of drug-likeness (QED) is 0.562. The number of nitrogens with zero attached hydrogens (tertiary/aromatic N) is 2. The highest BCUT2D eigenvalue weighted by Crippen LogP contribution is 2.22. The van der Waals surface area contributed by atoms with Crippen LogP contribution in [0.3, 0.4) is 0 Å². The molecule has 0 radical (unpaired) electrons. The van der Waals surface area contributed by atoms with E-state index in [0.717, 1.165) is 31.1 Å². The number of aryl methyl sites for hydroxylation is 1. The smallest absolute Gasteiger partial charge is 0.118 e. The predicted molar refractivity (Wildman–Crippen MR) is 126 cm³/mol. The summed E-state index contributed by atoms with van der Waals surface area (Å²) in [6.07, 6.45) is 9.05. The zero-order valence-corrected chi connectivity index (χ0v) is 18.7. The van der Waals surface area contributed by atoms with E-state index < -0.39 is 0 Å². The summed E-state index contributed by atoms with van der Waals surface area (Å²) in [5, 5.41) is 9.58. The van der Waals surface area contributed by atoms with Crippen LogP contribution in [0.2, 0.25) is 0 Å². The lowest BCUT2D eigenvalue weighted by molar-refractivity contribution is -0.931. The zero-order chi connectivity index (χ0) is 21.5. The van der Waals surface area contributed by atoms with Gasteiger partial charge in [-0.25, -0.2) is 0 Å². The van der Waals surface area contributed by atoms with Crippen molar-refractivity contribution in [3.05, 3.63) is 94.8 Å². The van der Waals surface area contributed by atoms with Crippen molar-refractivity contribution in [3.8, 4) is 6.07 Å². The minimum absolute atomic E-state index is 0.804. The first-order chi connectivity index (χ1) is 15.2. The van der Waals surface area contributed by atoms with Gasteiger partial charge < -0.3 is 9.47 Å². The Morgan fingerprint density at radius 3 is 2.61 bits per heavy atom. The minimum Gasteiger partial charge on any atom is -0.342 e. The van der Waals surface area contributed by atoms with Crippen LogP contribution >= 0.6 is 0 Å². The number of nitrogens with one attached hydrogen (secondary N) is 1. The van der Waals surface area contributed by atoms with Gasteiger partial charge in [-0.1, -0.05) is 67.3 Å². The van der Waals surface area contributed by atoms with Crippen LogP contribution in [-0.2, 0) is 19.6 Å². The summed E-state index contributed by atoms with van der Waals surface area (Å²) in [5.74, 6) is 0.804. The molecule has 0 bridgehead atoms. The summed E-state index contributed by atoms with van der Waals surface area (Å²) in [4.78, 5) is 1.57. The number of rotatable bonds is 8. The highest BCUT2D eigenvalue weighted by molar-refractivity contribution is 5.36. The van der Waals surface area contributed by atoms with Gasteiger partial charge in [0.2, 0.25) is 0 Å². The molecule has 1 aliphatic carbocycles. The second-order valence-electron chi connectivity index (χ2n) is 9.20. The maximum atomic E-state index is 9.58. The Morgan fingerprint density at radius 2 is 1.81 bits per heavy atom. The van der Waals surface area contributed by atoms with E-state index >= 15 is 0 Å². The fraction of sp³-hybridized carbons (Fsp3) is 0.393. The van der Waals surface area contributed by atoms with E-state index in [1.54, 1.807) is 4.90 Å². The average molecular weight is 413 g/mol. The van der Waals surface area contributed by atoms with Crippen LogP contribution in [0.4, 0.5) is 0 Å². The molecule has 0 amide bonds. The lowest BCUT2D eigenvalue weighted by Crippen LogP contribution is -3.10. The molecule has 2 aromatic carbocycles. The van der Waals surface area contributed by atoms with Gasteiger partial charge in [-0.05, 0) is 43.5 Å². The molecule has 3 nitrogen and oxygen atoms in total. The van der Waals surface area contributed by atoms with Crippen LogP contribution in [0.5, 0.6) is 0 Å². The maximum Gasteiger partial charge on any atom is 0.118 e. The molecule has 0 aliphatic heterocycles. The lowest BCUT2D eigenvalue weighted by atomic mass is 9.88. The molecule has 1 heterocycles. The summed E-state index contributed by atoms with van der Waals surface area (Å²) in [5.41, 5.74) is 6.03. The van der Waals surface area contributed by atoms with E-state index in [4.69, 9.17) is 0 Å². The molecule has 1 unspecified atom stereocenters.